The first-order chi connectivity index (χ1) is 15.3. The van der Waals surface area contributed by atoms with Gasteiger partial charge in [0.15, 0.2) is 0 Å². The van der Waals surface area contributed by atoms with Crippen LogP contribution in [0.2, 0.25) is 0 Å². The highest BCUT2D eigenvalue weighted by molar-refractivity contribution is 7.89. The molecule has 1 aromatic heterocycles. The van der Waals surface area contributed by atoms with Crippen molar-refractivity contribution in [2.24, 2.45) is 0 Å². The van der Waals surface area contributed by atoms with E-state index in [1.54, 1.807) is 24.3 Å². The largest absolute Gasteiger partial charge is 0.394 e. The molecule has 0 spiro atoms. The van der Waals surface area contributed by atoms with Crippen molar-refractivity contribution < 1.29 is 32.9 Å². The molecule has 0 aliphatic carbocycles. The van der Waals surface area contributed by atoms with Gasteiger partial charge in [0.05, 0.1) is 17.7 Å². The van der Waals surface area contributed by atoms with Crippen LogP contribution in [0, 0.1) is 5.82 Å². The van der Waals surface area contributed by atoms with E-state index in [0.717, 1.165) is 4.68 Å². The summed E-state index contributed by atoms with van der Waals surface area (Å²) in [7, 11) is -4.08. The van der Waals surface area contributed by atoms with E-state index in [9.17, 15) is 28.1 Å². The third kappa shape index (κ3) is 4.41. The number of halogens is 1. The van der Waals surface area contributed by atoms with Gasteiger partial charge in [-0.3, -0.25) is 0 Å². The molecule has 1 aliphatic heterocycles. The first-order valence-corrected chi connectivity index (χ1v) is 11.2. The van der Waals surface area contributed by atoms with Crippen molar-refractivity contribution in [2.75, 3.05) is 6.61 Å². The molecule has 0 amide bonds. The fourth-order valence-corrected chi connectivity index (χ4v) is 4.69. The number of sulfonamides is 1. The number of ether oxygens (including phenoxy) is 1. The van der Waals surface area contributed by atoms with E-state index in [1.165, 1.54) is 36.5 Å². The van der Waals surface area contributed by atoms with Gasteiger partial charge in [0.1, 0.15) is 42.1 Å². The summed E-state index contributed by atoms with van der Waals surface area (Å²) < 4.78 is 47.7. The average Bonchev–Trinajstić information content (AvgIpc) is 3.26. The van der Waals surface area contributed by atoms with Gasteiger partial charge in [0, 0.05) is 5.56 Å². The second kappa shape index (κ2) is 9.02. The summed E-state index contributed by atoms with van der Waals surface area (Å²) >= 11 is 0. The van der Waals surface area contributed by atoms with Crippen molar-refractivity contribution >= 4 is 10.0 Å². The summed E-state index contributed by atoms with van der Waals surface area (Å²) in [5.74, 6) is -0.473. The number of rotatable bonds is 6. The molecule has 12 heteroatoms. The molecule has 4 N–H and O–H groups in total. The van der Waals surface area contributed by atoms with E-state index in [4.69, 9.17) is 4.74 Å². The lowest BCUT2D eigenvalue weighted by Crippen LogP contribution is -2.61. The van der Waals surface area contributed by atoms with Crippen LogP contribution in [0.4, 0.5) is 4.39 Å². The maximum absolute atomic E-state index is 13.5. The van der Waals surface area contributed by atoms with Gasteiger partial charge in [-0.15, -0.1) is 5.10 Å². The molecule has 170 valence electrons. The van der Waals surface area contributed by atoms with Crippen LogP contribution < -0.4 is 4.72 Å². The molecule has 0 bridgehead atoms. The van der Waals surface area contributed by atoms with E-state index >= 15 is 0 Å². The van der Waals surface area contributed by atoms with Gasteiger partial charge < -0.3 is 20.1 Å². The molecule has 0 radical (unpaired) electrons. The molecule has 5 atom stereocenters. The standard InChI is InChI=1S/C20H21FN4O6S/c21-13-6-4-5-12(9-13)15-10-25(24-22-15)17-18(27)16(11-26)31-20(19(17)28)23-32(29,30)14-7-2-1-3-8-14/h1-10,16-20,23,26-28H,11H2/t16-,17+,18+,19-,20-/m1/s1. The number of hydrogen-bond acceptors (Lipinski definition) is 8. The number of hydrogen-bond donors (Lipinski definition) is 4. The summed E-state index contributed by atoms with van der Waals surface area (Å²) in [4.78, 5) is -0.0480. The van der Waals surface area contributed by atoms with Crippen molar-refractivity contribution in [3.63, 3.8) is 0 Å². The Bertz CT molecular complexity index is 1180. The summed E-state index contributed by atoms with van der Waals surface area (Å²) in [6.45, 7) is -0.639. The van der Waals surface area contributed by atoms with Gasteiger partial charge in [-0.25, -0.2) is 17.5 Å². The van der Waals surface area contributed by atoms with E-state index in [0.29, 0.717) is 5.56 Å². The minimum Gasteiger partial charge on any atom is -0.394 e. The first-order valence-electron chi connectivity index (χ1n) is 9.68. The quantitative estimate of drug-likeness (QED) is 0.400. The SMILES string of the molecule is O=S(=O)(N[C@@H]1O[C@H](CO)[C@H](O)[C@H](n2cc(-c3cccc(F)c3)nn2)[C@H]1O)c1ccccc1. The van der Waals surface area contributed by atoms with Crippen LogP contribution in [0.5, 0.6) is 0 Å². The van der Waals surface area contributed by atoms with E-state index in [2.05, 4.69) is 15.0 Å². The highest BCUT2D eigenvalue weighted by Crippen LogP contribution is 2.30. The lowest BCUT2D eigenvalue weighted by molar-refractivity contribution is -0.208. The van der Waals surface area contributed by atoms with Crippen LogP contribution in [-0.4, -0.2) is 69.9 Å². The Labute approximate surface area is 182 Å². The normalized spacial score (nSPS) is 26.2. The zero-order valence-electron chi connectivity index (χ0n) is 16.6. The number of aliphatic hydroxyl groups is 3. The van der Waals surface area contributed by atoms with Crippen molar-refractivity contribution in [2.45, 2.75) is 35.5 Å². The maximum atomic E-state index is 13.5. The monoisotopic (exact) mass is 464 g/mol. The number of nitrogens with one attached hydrogen (secondary N) is 1. The molecule has 2 aromatic carbocycles. The minimum atomic E-state index is -4.08. The minimum absolute atomic E-state index is 0.0480. The zero-order chi connectivity index (χ0) is 22.9. The lowest BCUT2D eigenvalue weighted by atomic mass is 9.96. The fraction of sp³-hybridized carbons (Fsp3) is 0.300. The fourth-order valence-electron chi connectivity index (χ4n) is 3.53. The zero-order valence-corrected chi connectivity index (χ0v) is 17.4. The molecule has 1 saturated heterocycles. The topological polar surface area (TPSA) is 147 Å². The summed E-state index contributed by atoms with van der Waals surface area (Å²) in [5.41, 5.74) is 0.699. The second-order valence-corrected chi connectivity index (χ2v) is 8.99. The van der Waals surface area contributed by atoms with Gasteiger partial charge in [0.25, 0.3) is 0 Å². The van der Waals surface area contributed by atoms with Crippen LogP contribution in [0.3, 0.4) is 0 Å². The summed E-state index contributed by atoms with van der Waals surface area (Å²) in [6.07, 6.45) is -4.35. The Morgan fingerprint density at radius 1 is 1.09 bits per heavy atom. The second-order valence-electron chi connectivity index (χ2n) is 7.28. The number of benzene rings is 2. The van der Waals surface area contributed by atoms with Crippen molar-refractivity contribution in [3.05, 3.63) is 66.6 Å². The van der Waals surface area contributed by atoms with E-state index in [1.807, 2.05) is 0 Å². The van der Waals surface area contributed by atoms with Crippen molar-refractivity contribution in [1.29, 1.82) is 0 Å². The predicted octanol–water partition coefficient (Wildman–Crippen LogP) is 0.0428. The molecule has 10 nitrogen and oxygen atoms in total. The lowest BCUT2D eigenvalue weighted by Gasteiger charge is -2.42. The number of aliphatic hydroxyl groups excluding tert-OH is 3. The van der Waals surface area contributed by atoms with E-state index in [-0.39, 0.29) is 10.6 Å². The molecule has 0 unspecified atom stereocenters. The third-order valence-corrected chi connectivity index (χ3v) is 6.59. The number of aromatic nitrogens is 3. The molecular weight excluding hydrogens is 443 g/mol. The first kappa shape index (κ1) is 22.5. The van der Waals surface area contributed by atoms with E-state index < -0.39 is 53.0 Å². The predicted molar refractivity (Wildman–Crippen MR) is 109 cm³/mol. The van der Waals surface area contributed by atoms with Crippen LogP contribution in [0.1, 0.15) is 6.04 Å². The molecule has 0 saturated carbocycles. The third-order valence-electron chi connectivity index (χ3n) is 5.15. The molecule has 1 fully saturated rings. The molecule has 2 heterocycles. The van der Waals surface area contributed by atoms with Gasteiger partial charge in [-0.2, -0.15) is 4.72 Å². The number of nitrogens with zero attached hydrogens (tertiary/aromatic N) is 3. The van der Waals surface area contributed by atoms with Gasteiger partial charge >= 0.3 is 0 Å². The molecule has 1 aliphatic rings. The summed E-state index contributed by atoms with van der Waals surface area (Å²) in [5, 5.41) is 39.0. The van der Waals surface area contributed by atoms with Gasteiger partial charge in [-0.1, -0.05) is 35.5 Å². The van der Waals surface area contributed by atoms with Gasteiger partial charge in [0.2, 0.25) is 10.0 Å². The smallest absolute Gasteiger partial charge is 0.242 e. The Balaban J connectivity index is 1.63. The molecule has 32 heavy (non-hydrogen) atoms. The van der Waals surface area contributed by atoms with Crippen molar-refractivity contribution in [1.82, 2.24) is 19.7 Å². The van der Waals surface area contributed by atoms with Crippen LogP contribution in [0.15, 0.2) is 65.7 Å². The maximum Gasteiger partial charge on any atom is 0.242 e. The van der Waals surface area contributed by atoms with Crippen molar-refractivity contribution in [3.8, 4) is 11.3 Å². The Morgan fingerprint density at radius 2 is 1.84 bits per heavy atom. The highest BCUT2D eigenvalue weighted by Gasteiger charge is 2.47. The van der Waals surface area contributed by atoms with Gasteiger partial charge in [-0.05, 0) is 24.3 Å². The Kier molecular flexibility index (Phi) is 6.33. The Morgan fingerprint density at radius 3 is 2.53 bits per heavy atom. The summed E-state index contributed by atoms with van der Waals surface area (Å²) in [6, 6.07) is 11.9. The van der Waals surface area contributed by atoms with Crippen LogP contribution in [0.25, 0.3) is 11.3 Å². The highest BCUT2D eigenvalue weighted by atomic mass is 32.2. The molecular formula is C20H21FN4O6S. The molecule has 4 rings (SSSR count). The van der Waals surface area contributed by atoms with Crippen LogP contribution in [-0.2, 0) is 14.8 Å². The Hall–Kier alpha value is -2.74. The van der Waals surface area contributed by atoms with Crippen LogP contribution >= 0.6 is 0 Å². The molecule has 3 aromatic rings. The average molecular weight is 464 g/mol.